The maximum atomic E-state index is 13.4. The minimum atomic E-state index is -1.24. The van der Waals surface area contributed by atoms with Gasteiger partial charge in [-0.25, -0.2) is 9.18 Å². The third-order valence-electron chi connectivity index (χ3n) is 1.97. The van der Waals surface area contributed by atoms with E-state index in [1.54, 1.807) is 0 Å². The zero-order valence-corrected chi connectivity index (χ0v) is 8.53. The first-order chi connectivity index (χ1) is 7.59. The molecule has 0 saturated carbocycles. The number of carboxylic acid groups (broad SMARTS) is 1. The largest absolute Gasteiger partial charge is 0.477 e. The van der Waals surface area contributed by atoms with E-state index in [2.05, 4.69) is 5.16 Å². The molecule has 1 aromatic heterocycles. The minimum absolute atomic E-state index is 0.0256. The molecule has 6 heteroatoms. The van der Waals surface area contributed by atoms with E-state index in [1.807, 2.05) is 0 Å². The Morgan fingerprint density at radius 2 is 2.25 bits per heavy atom. The normalized spacial score (nSPS) is 10.4. The van der Waals surface area contributed by atoms with Crippen LogP contribution in [0.2, 0.25) is 5.02 Å². The fourth-order valence-corrected chi connectivity index (χ4v) is 1.43. The maximum absolute atomic E-state index is 13.4. The number of rotatable bonds is 2. The van der Waals surface area contributed by atoms with Crippen molar-refractivity contribution in [2.45, 2.75) is 0 Å². The Hall–Kier alpha value is -1.88. The number of benzene rings is 1. The van der Waals surface area contributed by atoms with E-state index in [0.29, 0.717) is 0 Å². The van der Waals surface area contributed by atoms with E-state index >= 15 is 0 Å². The van der Waals surface area contributed by atoms with Crippen LogP contribution in [0.15, 0.2) is 28.9 Å². The molecule has 2 aromatic rings. The van der Waals surface area contributed by atoms with Gasteiger partial charge in [0.05, 0.1) is 11.8 Å². The highest BCUT2D eigenvalue weighted by Gasteiger charge is 2.19. The number of carboxylic acids is 1. The maximum Gasteiger partial charge on any atom is 0.341 e. The van der Waals surface area contributed by atoms with Crippen molar-refractivity contribution in [2.75, 3.05) is 0 Å². The number of halogens is 2. The van der Waals surface area contributed by atoms with Gasteiger partial charge in [0.25, 0.3) is 0 Å². The average molecular weight is 242 g/mol. The lowest BCUT2D eigenvalue weighted by atomic mass is 10.1. The van der Waals surface area contributed by atoms with Crippen molar-refractivity contribution in [3.8, 4) is 11.3 Å². The third-order valence-corrected chi connectivity index (χ3v) is 2.21. The summed E-state index contributed by atoms with van der Waals surface area (Å²) in [5, 5.41) is 12.4. The molecule has 1 aromatic carbocycles. The lowest BCUT2D eigenvalue weighted by molar-refractivity contribution is 0.0697. The van der Waals surface area contributed by atoms with Crippen LogP contribution in [0, 0.1) is 5.82 Å². The lowest BCUT2D eigenvalue weighted by Crippen LogP contribution is -1.97. The number of hydrogen-bond donors (Lipinski definition) is 1. The fourth-order valence-electron chi connectivity index (χ4n) is 1.26. The Morgan fingerprint density at radius 1 is 1.50 bits per heavy atom. The highest BCUT2D eigenvalue weighted by atomic mass is 35.5. The molecule has 0 spiro atoms. The standard InChI is InChI=1S/C10H5ClFNO3/c11-5-1-2-8(12)6(3-5)9-7(10(14)15)4-13-16-9/h1-4H,(H,14,15). The van der Waals surface area contributed by atoms with Gasteiger partial charge in [-0.15, -0.1) is 0 Å². The van der Waals surface area contributed by atoms with Crippen molar-refractivity contribution in [2.24, 2.45) is 0 Å². The summed E-state index contributed by atoms with van der Waals surface area (Å²) in [4.78, 5) is 10.8. The Morgan fingerprint density at radius 3 is 2.94 bits per heavy atom. The van der Waals surface area contributed by atoms with E-state index in [4.69, 9.17) is 21.2 Å². The predicted molar refractivity (Wildman–Crippen MR) is 53.9 cm³/mol. The van der Waals surface area contributed by atoms with Crippen LogP contribution in [-0.4, -0.2) is 16.2 Å². The quantitative estimate of drug-likeness (QED) is 0.878. The summed E-state index contributed by atoms with van der Waals surface area (Å²) in [5.74, 6) is -2.01. The van der Waals surface area contributed by atoms with Crippen LogP contribution in [0.3, 0.4) is 0 Å². The second kappa shape index (κ2) is 3.94. The summed E-state index contributed by atoms with van der Waals surface area (Å²) in [6.07, 6.45) is 1.01. The number of carbonyl (C=O) groups is 1. The summed E-state index contributed by atoms with van der Waals surface area (Å²) < 4.78 is 18.2. The van der Waals surface area contributed by atoms with Crippen molar-refractivity contribution < 1.29 is 18.8 Å². The van der Waals surface area contributed by atoms with Gasteiger partial charge >= 0.3 is 5.97 Å². The van der Waals surface area contributed by atoms with Gasteiger partial charge in [0.1, 0.15) is 11.4 Å². The zero-order chi connectivity index (χ0) is 11.7. The molecule has 0 unspecified atom stereocenters. The number of aromatic carboxylic acids is 1. The monoisotopic (exact) mass is 241 g/mol. The first-order valence-corrected chi connectivity index (χ1v) is 4.61. The van der Waals surface area contributed by atoms with E-state index in [9.17, 15) is 9.18 Å². The van der Waals surface area contributed by atoms with Gasteiger partial charge in [0, 0.05) is 5.02 Å². The van der Waals surface area contributed by atoms with Crippen molar-refractivity contribution in [1.29, 1.82) is 0 Å². The summed E-state index contributed by atoms with van der Waals surface area (Å²) >= 11 is 5.69. The van der Waals surface area contributed by atoms with Gasteiger partial charge in [-0.2, -0.15) is 0 Å². The van der Waals surface area contributed by atoms with Gasteiger partial charge in [-0.1, -0.05) is 16.8 Å². The topological polar surface area (TPSA) is 63.3 Å². The second-order valence-electron chi connectivity index (χ2n) is 3.00. The first kappa shape index (κ1) is 10.6. The molecule has 0 radical (unpaired) electrons. The van der Waals surface area contributed by atoms with Crippen LogP contribution < -0.4 is 0 Å². The molecule has 1 N–H and O–H groups in total. The van der Waals surface area contributed by atoms with E-state index in [-0.39, 0.29) is 21.9 Å². The highest BCUT2D eigenvalue weighted by molar-refractivity contribution is 6.30. The molecule has 0 aliphatic rings. The third kappa shape index (κ3) is 1.77. The average Bonchev–Trinajstić information content (AvgIpc) is 2.70. The van der Waals surface area contributed by atoms with E-state index in [0.717, 1.165) is 12.3 Å². The second-order valence-corrected chi connectivity index (χ2v) is 3.43. The SMILES string of the molecule is O=C(O)c1cnoc1-c1cc(Cl)ccc1F. The lowest BCUT2D eigenvalue weighted by Gasteiger charge is -2.00. The van der Waals surface area contributed by atoms with Crippen molar-refractivity contribution in [3.63, 3.8) is 0 Å². The Kier molecular flexibility index (Phi) is 2.62. The van der Waals surface area contributed by atoms with Crippen molar-refractivity contribution in [3.05, 3.63) is 40.8 Å². The zero-order valence-electron chi connectivity index (χ0n) is 7.78. The molecule has 4 nitrogen and oxygen atoms in total. The molecular formula is C10H5ClFNO3. The first-order valence-electron chi connectivity index (χ1n) is 4.23. The highest BCUT2D eigenvalue weighted by Crippen LogP contribution is 2.28. The number of aromatic nitrogens is 1. The van der Waals surface area contributed by atoms with Gasteiger partial charge in [-0.3, -0.25) is 0 Å². The molecule has 82 valence electrons. The smallest absolute Gasteiger partial charge is 0.341 e. The summed E-state index contributed by atoms with van der Waals surface area (Å²) in [6, 6.07) is 3.77. The molecular weight excluding hydrogens is 237 g/mol. The molecule has 0 amide bonds. The summed E-state index contributed by atoms with van der Waals surface area (Å²) in [6.45, 7) is 0. The Bertz CT molecular complexity index is 553. The van der Waals surface area contributed by atoms with E-state index < -0.39 is 11.8 Å². The Balaban J connectivity index is 2.62. The molecule has 0 atom stereocenters. The molecule has 2 rings (SSSR count). The van der Waals surface area contributed by atoms with Crippen molar-refractivity contribution >= 4 is 17.6 Å². The molecule has 0 saturated heterocycles. The van der Waals surface area contributed by atoms with Gasteiger partial charge < -0.3 is 9.63 Å². The van der Waals surface area contributed by atoms with Crippen LogP contribution in [0.4, 0.5) is 4.39 Å². The molecule has 1 heterocycles. The number of nitrogens with zero attached hydrogens (tertiary/aromatic N) is 1. The van der Waals surface area contributed by atoms with Crippen LogP contribution in [0.1, 0.15) is 10.4 Å². The van der Waals surface area contributed by atoms with Crippen LogP contribution in [0.5, 0.6) is 0 Å². The van der Waals surface area contributed by atoms with Gasteiger partial charge in [0.2, 0.25) is 0 Å². The molecule has 0 fully saturated rings. The van der Waals surface area contributed by atoms with Crippen LogP contribution in [0.25, 0.3) is 11.3 Å². The molecule has 0 aliphatic carbocycles. The van der Waals surface area contributed by atoms with Gasteiger partial charge in [-0.05, 0) is 18.2 Å². The fraction of sp³-hybridized carbons (Fsp3) is 0. The minimum Gasteiger partial charge on any atom is -0.477 e. The van der Waals surface area contributed by atoms with Gasteiger partial charge in [0.15, 0.2) is 5.76 Å². The molecule has 16 heavy (non-hydrogen) atoms. The van der Waals surface area contributed by atoms with Crippen LogP contribution >= 0.6 is 11.6 Å². The molecule has 0 bridgehead atoms. The molecule has 0 aliphatic heterocycles. The Labute approximate surface area is 94.2 Å². The summed E-state index contributed by atoms with van der Waals surface area (Å²) in [7, 11) is 0. The van der Waals surface area contributed by atoms with Crippen LogP contribution in [-0.2, 0) is 0 Å². The number of hydrogen-bond acceptors (Lipinski definition) is 3. The predicted octanol–water partition coefficient (Wildman–Crippen LogP) is 2.83. The summed E-state index contributed by atoms with van der Waals surface area (Å²) in [5.41, 5.74) is -0.233. The van der Waals surface area contributed by atoms with E-state index in [1.165, 1.54) is 12.1 Å². The van der Waals surface area contributed by atoms with Crippen molar-refractivity contribution in [1.82, 2.24) is 5.16 Å².